The normalized spacial score (nSPS) is 18.8. The molecule has 1 aromatic rings. The van der Waals surface area contributed by atoms with Gasteiger partial charge in [0.1, 0.15) is 11.1 Å². The average molecular weight is 524 g/mol. The number of carboxylic acids is 1. The smallest absolute Gasteiger partial charge is 0.352 e. The molecule has 0 radical (unpaired) electrons. The summed E-state index contributed by atoms with van der Waals surface area (Å²) in [5.74, 6) is -2.43. The maximum atomic E-state index is 13.4. The number of aryl methyl sites for hydroxylation is 2. The molecule has 36 heavy (non-hydrogen) atoms. The highest BCUT2D eigenvalue weighted by atomic mass is 31.2. The van der Waals surface area contributed by atoms with Gasteiger partial charge in [-0.15, -0.1) is 0 Å². The van der Waals surface area contributed by atoms with Crippen LogP contribution >= 0.6 is 6.89 Å². The molecule has 0 unspecified atom stereocenters. The van der Waals surface area contributed by atoms with Gasteiger partial charge in [-0.1, -0.05) is 46.9 Å². The van der Waals surface area contributed by atoms with Crippen LogP contribution < -0.4 is 0 Å². The van der Waals surface area contributed by atoms with Crippen molar-refractivity contribution in [3.8, 4) is 0 Å². The van der Waals surface area contributed by atoms with Crippen LogP contribution in [0.3, 0.4) is 0 Å². The second-order valence-corrected chi connectivity index (χ2v) is 14.2. The fraction of sp³-hybridized carbons (Fsp3) is 0.741. The first-order chi connectivity index (χ1) is 17.1. The largest absolute Gasteiger partial charge is 0.477 e. The second-order valence-electron chi connectivity index (χ2n) is 10.2. The quantitative estimate of drug-likeness (QED) is 0.186. The summed E-state index contributed by atoms with van der Waals surface area (Å²) >= 11 is 0. The first-order valence-electron chi connectivity index (χ1n) is 13.6. The van der Waals surface area contributed by atoms with E-state index in [1.165, 1.54) is 4.90 Å². The van der Waals surface area contributed by atoms with Gasteiger partial charge in [-0.25, -0.2) is 4.79 Å². The molecule has 1 aromatic heterocycles. The number of hydrogen-bond acceptors (Lipinski definition) is 5. The fourth-order valence-corrected chi connectivity index (χ4v) is 10.6. The van der Waals surface area contributed by atoms with Gasteiger partial charge in [-0.3, -0.25) is 14.3 Å². The number of hydrogen-bond donors (Lipinski definition) is 2. The summed E-state index contributed by atoms with van der Waals surface area (Å²) in [4.78, 5) is 41.1. The molecule has 3 atom stereocenters. The van der Waals surface area contributed by atoms with Crippen LogP contribution in [0.1, 0.15) is 95.6 Å². The van der Waals surface area contributed by atoms with Gasteiger partial charge in [0, 0.05) is 19.2 Å². The van der Waals surface area contributed by atoms with Crippen molar-refractivity contribution in [2.75, 3.05) is 18.5 Å². The zero-order valence-electron chi connectivity index (χ0n) is 23.0. The lowest BCUT2D eigenvalue weighted by Gasteiger charge is -2.50. The van der Waals surface area contributed by atoms with E-state index in [4.69, 9.17) is 0 Å². The molecule has 2 N–H and O–H groups in total. The van der Waals surface area contributed by atoms with Crippen molar-refractivity contribution in [1.82, 2.24) is 14.7 Å². The number of Topliss-reactive ketones (excluding diaryl/α,β-unsaturated/α-hetero) is 1. The highest BCUT2D eigenvalue weighted by molar-refractivity contribution is 7.77. The van der Waals surface area contributed by atoms with Crippen molar-refractivity contribution < 1.29 is 24.6 Å². The van der Waals surface area contributed by atoms with E-state index in [-0.39, 0.29) is 23.5 Å². The molecule has 8 nitrogen and oxygen atoms in total. The van der Waals surface area contributed by atoms with E-state index in [1.807, 2.05) is 20.0 Å². The Morgan fingerprint density at radius 1 is 1.06 bits per heavy atom. The summed E-state index contributed by atoms with van der Waals surface area (Å²) in [5, 5.41) is 25.4. The van der Waals surface area contributed by atoms with E-state index in [1.54, 1.807) is 11.6 Å². The number of aliphatic hydroxyl groups excluding tert-OH is 1. The number of carbonyl (C=O) groups is 3. The van der Waals surface area contributed by atoms with E-state index in [0.717, 1.165) is 62.6 Å². The lowest BCUT2D eigenvalue weighted by Crippen LogP contribution is -2.68. The highest BCUT2D eigenvalue weighted by Crippen LogP contribution is 2.54. The number of nitrogens with zero attached hydrogens (tertiary/aromatic N) is 3. The van der Waals surface area contributed by atoms with Crippen LogP contribution in [-0.4, -0.2) is 78.6 Å². The molecule has 1 saturated heterocycles. The van der Waals surface area contributed by atoms with Crippen molar-refractivity contribution >= 4 is 30.0 Å². The Morgan fingerprint density at radius 3 is 1.97 bits per heavy atom. The van der Waals surface area contributed by atoms with Crippen molar-refractivity contribution in [2.45, 2.75) is 105 Å². The van der Waals surface area contributed by atoms with Crippen LogP contribution in [0.5, 0.6) is 0 Å². The van der Waals surface area contributed by atoms with Gasteiger partial charge in [0.15, 0.2) is 5.78 Å². The van der Waals surface area contributed by atoms with Gasteiger partial charge in [-0.05, 0) is 64.1 Å². The zero-order chi connectivity index (χ0) is 27.0. The predicted molar refractivity (Wildman–Crippen MR) is 146 cm³/mol. The van der Waals surface area contributed by atoms with Crippen LogP contribution in [0, 0.1) is 12.8 Å². The Morgan fingerprint density at radius 2 is 1.58 bits per heavy atom. The number of carboxylic acid groups (broad SMARTS) is 1. The van der Waals surface area contributed by atoms with Gasteiger partial charge in [-0.2, -0.15) is 5.10 Å². The third-order valence-corrected chi connectivity index (χ3v) is 12.2. The molecular formula is C27H46N3O5P. The third-order valence-electron chi connectivity index (χ3n) is 7.40. The van der Waals surface area contributed by atoms with Crippen molar-refractivity contribution in [2.24, 2.45) is 5.92 Å². The number of aliphatic carboxylic acids is 1. The number of aliphatic hydroxyl groups is 1. The SMILES string of the molecule is CCCCP(CCCC)(CCCC)=C(C(=O)O)N1C(=O)[C@H]([C@@H](C)O)[C@H]1CC(=O)c1nn(CC)cc1C. The summed E-state index contributed by atoms with van der Waals surface area (Å²) in [6.07, 6.45) is 8.81. The molecule has 0 saturated carbocycles. The number of amides is 1. The zero-order valence-corrected chi connectivity index (χ0v) is 23.9. The Balaban J connectivity index is 2.63. The Labute approximate surface area is 216 Å². The monoisotopic (exact) mass is 523 g/mol. The molecule has 0 aliphatic carbocycles. The first-order valence-corrected chi connectivity index (χ1v) is 16.0. The topological polar surface area (TPSA) is 113 Å². The van der Waals surface area contributed by atoms with Gasteiger partial charge in [0.2, 0.25) is 5.91 Å². The Bertz CT molecular complexity index is 956. The van der Waals surface area contributed by atoms with Gasteiger partial charge in [0.05, 0.1) is 18.1 Å². The van der Waals surface area contributed by atoms with Crippen LogP contribution in [0.15, 0.2) is 6.20 Å². The minimum atomic E-state index is -2.18. The van der Waals surface area contributed by atoms with Gasteiger partial charge >= 0.3 is 5.97 Å². The number of likely N-dealkylation sites (tertiary alicyclic amines) is 1. The molecule has 0 spiro atoms. The van der Waals surface area contributed by atoms with Crippen LogP contribution in [0.2, 0.25) is 0 Å². The summed E-state index contributed by atoms with van der Waals surface area (Å²) in [6, 6.07) is -0.675. The maximum Gasteiger partial charge on any atom is 0.352 e. The molecular weight excluding hydrogens is 477 g/mol. The van der Waals surface area contributed by atoms with Crippen LogP contribution in [0.25, 0.3) is 0 Å². The lowest BCUT2D eigenvalue weighted by molar-refractivity contribution is -0.156. The standard InChI is InChI=1S/C27H46N3O5P/c1-7-11-14-36(15-12-8-2,16-13-9-3)26(27(34)35)30-21(23(20(6)31)25(30)33)17-22(32)24-19(5)18-29(10-4)28-24/h18,20-21,23,31H,7-17H2,1-6H3,(H,34,35)/t20-,21-,23-/m1/s1. The Kier molecular flexibility index (Phi) is 11.4. The van der Waals surface area contributed by atoms with Crippen molar-refractivity contribution in [3.05, 3.63) is 17.5 Å². The molecule has 0 aromatic carbocycles. The molecule has 0 bridgehead atoms. The first kappa shape index (κ1) is 30.3. The highest BCUT2D eigenvalue weighted by Gasteiger charge is 2.54. The molecule has 1 amide bonds. The summed E-state index contributed by atoms with van der Waals surface area (Å²) in [7, 11) is 0. The van der Waals surface area contributed by atoms with E-state index in [9.17, 15) is 24.6 Å². The number of ketones is 1. The molecule has 2 heterocycles. The van der Waals surface area contributed by atoms with Crippen molar-refractivity contribution in [1.29, 1.82) is 0 Å². The molecule has 9 heteroatoms. The van der Waals surface area contributed by atoms with Crippen LogP contribution in [0.4, 0.5) is 0 Å². The predicted octanol–water partition coefficient (Wildman–Crippen LogP) is 4.62. The number of β-lactam (4-membered cyclic amide) rings is 1. The Hall–Kier alpha value is -1.92. The molecule has 204 valence electrons. The fourth-order valence-electron chi connectivity index (χ4n) is 5.39. The minimum absolute atomic E-state index is 0.0466. The lowest BCUT2D eigenvalue weighted by atomic mass is 9.80. The van der Waals surface area contributed by atoms with Gasteiger partial charge in [0.25, 0.3) is 0 Å². The summed E-state index contributed by atoms with van der Waals surface area (Å²) < 4.78 is 1.70. The summed E-state index contributed by atoms with van der Waals surface area (Å²) in [6.45, 7) is 10.1. The van der Waals surface area contributed by atoms with Crippen molar-refractivity contribution in [3.63, 3.8) is 0 Å². The number of rotatable bonds is 16. The second kappa shape index (κ2) is 13.6. The minimum Gasteiger partial charge on any atom is -0.477 e. The maximum absolute atomic E-state index is 13.4. The molecule has 2 rings (SSSR count). The number of aromatic nitrogens is 2. The van der Waals surface area contributed by atoms with E-state index >= 15 is 0 Å². The molecule has 1 aliphatic rings. The number of unbranched alkanes of at least 4 members (excludes halogenated alkanes) is 3. The van der Waals surface area contributed by atoms with E-state index in [0.29, 0.717) is 12.2 Å². The molecule has 1 fully saturated rings. The number of carbonyl (C=O) groups excluding carboxylic acids is 2. The van der Waals surface area contributed by atoms with Crippen LogP contribution in [-0.2, 0) is 16.1 Å². The summed E-state index contributed by atoms with van der Waals surface area (Å²) in [5.41, 5.74) is 1.33. The molecule has 1 aliphatic heterocycles. The van der Waals surface area contributed by atoms with Gasteiger partial charge < -0.3 is 15.1 Å². The third kappa shape index (κ3) is 6.49. The van der Waals surface area contributed by atoms with E-state index in [2.05, 4.69) is 25.9 Å². The average Bonchev–Trinajstić information content (AvgIpc) is 3.22. The van der Waals surface area contributed by atoms with E-state index < -0.39 is 30.9 Å².